The Morgan fingerprint density at radius 3 is 2.67 bits per heavy atom. The Morgan fingerprint density at radius 1 is 1.09 bits per heavy atom. The maximum absolute atomic E-state index is 11.5. The summed E-state index contributed by atoms with van der Waals surface area (Å²) in [5.74, 6) is 0.234. The van der Waals surface area contributed by atoms with Gasteiger partial charge in [0.2, 0.25) is 5.82 Å². The molecule has 2 aromatic carbocycles. The molecule has 168 valence electrons. The molecule has 10 heteroatoms. The van der Waals surface area contributed by atoms with Gasteiger partial charge in [-0.05, 0) is 60.4 Å². The summed E-state index contributed by atoms with van der Waals surface area (Å²) in [6.07, 6.45) is 4.78. The van der Waals surface area contributed by atoms with Gasteiger partial charge in [0.25, 0.3) is 5.69 Å². The Labute approximate surface area is 190 Å². The number of hydrogen-bond acceptors (Lipinski definition) is 7. The number of nitrogens with zero attached hydrogens (tertiary/aromatic N) is 8. The largest absolute Gasteiger partial charge is 0.332 e. The second-order valence-electron chi connectivity index (χ2n) is 8.38. The fourth-order valence-corrected chi connectivity index (χ4v) is 4.08. The van der Waals surface area contributed by atoms with Crippen LogP contribution in [0.1, 0.15) is 22.4 Å². The summed E-state index contributed by atoms with van der Waals surface area (Å²) in [6.45, 7) is 7.66. The predicted octanol–water partition coefficient (Wildman–Crippen LogP) is 3.11. The van der Waals surface area contributed by atoms with E-state index in [2.05, 4.69) is 42.0 Å². The topological polar surface area (TPSA) is 108 Å². The van der Waals surface area contributed by atoms with Gasteiger partial charge in [0.15, 0.2) is 0 Å². The molecule has 1 aliphatic rings. The molecule has 0 spiro atoms. The first-order chi connectivity index (χ1) is 16.0. The number of rotatable bonds is 6. The van der Waals surface area contributed by atoms with Crippen molar-refractivity contribution in [1.82, 2.24) is 34.7 Å². The molecule has 0 saturated carbocycles. The van der Waals surface area contributed by atoms with Crippen LogP contribution >= 0.6 is 0 Å². The van der Waals surface area contributed by atoms with Gasteiger partial charge >= 0.3 is 0 Å². The maximum atomic E-state index is 11.5. The minimum Gasteiger partial charge on any atom is -0.332 e. The number of tetrazole rings is 1. The smallest absolute Gasteiger partial charge is 0.280 e. The SMILES string of the molecule is Cc1cc(-c2nnn(-c3ccc(CCN4CCn5cncc5C4)cc3)n2)c([N+](=O)[O-])cc1C. The number of nitro groups is 1. The van der Waals surface area contributed by atoms with Crippen molar-refractivity contribution in [3.8, 4) is 17.1 Å². The van der Waals surface area contributed by atoms with Crippen molar-refractivity contribution < 1.29 is 4.92 Å². The summed E-state index contributed by atoms with van der Waals surface area (Å²) in [4.78, 5) is 19.2. The van der Waals surface area contributed by atoms with Crippen LogP contribution in [-0.2, 0) is 19.5 Å². The lowest BCUT2D eigenvalue weighted by Gasteiger charge is -2.27. The number of imidazole rings is 1. The number of aryl methyl sites for hydroxylation is 2. The van der Waals surface area contributed by atoms with E-state index in [0.29, 0.717) is 5.56 Å². The van der Waals surface area contributed by atoms with Gasteiger partial charge in [-0.1, -0.05) is 12.1 Å². The molecule has 5 rings (SSSR count). The lowest BCUT2D eigenvalue weighted by atomic mass is 10.0. The summed E-state index contributed by atoms with van der Waals surface area (Å²) < 4.78 is 2.21. The second-order valence-corrected chi connectivity index (χ2v) is 8.38. The third-order valence-corrected chi connectivity index (χ3v) is 6.19. The number of aromatic nitrogens is 6. The third-order valence-electron chi connectivity index (χ3n) is 6.19. The van der Waals surface area contributed by atoms with Crippen LogP contribution in [0.25, 0.3) is 17.1 Å². The molecule has 0 aliphatic carbocycles. The Hall–Kier alpha value is -3.92. The van der Waals surface area contributed by atoms with Gasteiger partial charge in [0, 0.05) is 38.4 Å². The number of benzene rings is 2. The molecule has 0 radical (unpaired) electrons. The van der Waals surface area contributed by atoms with E-state index in [4.69, 9.17) is 0 Å². The molecule has 0 N–H and O–H groups in total. The van der Waals surface area contributed by atoms with Crippen molar-refractivity contribution in [2.24, 2.45) is 0 Å². The van der Waals surface area contributed by atoms with Crippen LogP contribution < -0.4 is 0 Å². The van der Waals surface area contributed by atoms with E-state index in [1.807, 2.05) is 38.5 Å². The summed E-state index contributed by atoms with van der Waals surface area (Å²) in [6, 6.07) is 11.3. The maximum Gasteiger partial charge on any atom is 0.280 e. The van der Waals surface area contributed by atoms with Gasteiger partial charge in [-0.3, -0.25) is 15.0 Å². The van der Waals surface area contributed by atoms with E-state index in [-0.39, 0.29) is 11.5 Å². The van der Waals surface area contributed by atoms with E-state index in [0.717, 1.165) is 49.4 Å². The van der Waals surface area contributed by atoms with Crippen molar-refractivity contribution >= 4 is 5.69 Å². The van der Waals surface area contributed by atoms with Crippen molar-refractivity contribution in [1.29, 1.82) is 0 Å². The van der Waals surface area contributed by atoms with Gasteiger partial charge in [0.05, 0.1) is 22.6 Å². The first-order valence-corrected chi connectivity index (χ1v) is 10.8. The molecule has 3 heterocycles. The Kier molecular flexibility index (Phi) is 5.43. The highest BCUT2D eigenvalue weighted by molar-refractivity contribution is 5.69. The Balaban J connectivity index is 1.28. The first kappa shape index (κ1) is 21.0. The van der Waals surface area contributed by atoms with Crippen LogP contribution in [-0.4, -0.2) is 52.7 Å². The average molecular weight is 444 g/mol. The number of hydrogen-bond donors (Lipinski definition) is 0. The zero-order chi connectivity index (χ0) is 22.9. The molecule has 33 heavy (non-hydrogen) atoms. The minimum absolute atomic E-state index is 0.0197. The van der Waals surface area contributed by atoms with Crippen molar-refractivity contribution in [2.45, 2.75) is 33.4 Å². The molecule has 0 saturated heterocycles. The van der Waals surface area contributed by atoms with Crippen molar-refractivity contribution in [3.63, 3.8) is 0 Å². The number of nitro benzene ring substituents is 1. The van der Waals surface area contributed by atoms with Crippen LogP contribution in [0, 0.1) is 24.0 Å². The summed E-state index contributed by atoms with van der Waals surface area (Å²) in [7, 11) is 0. The molecule has 0 unspecified atom stereocenters. The van der Waals surface area contributed by atoms with Crippen LogP contribution in [0.2, 0.25) is 0 Å². The van der Waals surface area contributed by atoms with E-state index >= 15 is 0 Å². The molecule has 1 aliphatic heterocycles. The van der Waals surface area contributed by atoms with Gasteiger partial charge in [-0.2, -0.15) is 0 Å². The predicted molar refractivity (Wildman–Crippen MR) is 122 cm³/mol. The molecular weight excluding hydrogens is 420 g/mol. The van der Waals surface area contributed by atoms with Crippen molar-refractivity contribution in [3.05, 3.63) is 81.4 Å². The van der Waals surface area contributed by atoms with E-state index < -0.39 is 4.92 Å². The normalized spacial score (nSPS) is 13.8. The van der Waals surface area contributed by atoms with E-state index in [1.165, 1.54) is 16.1 Å². The number of fused-ring (bicyclic) bond motifs is 1. The van der Waals surface area contributed by atoms with Crippen LogP contribution in [0.15, 0.2) is 48.9 Å². The van der Waals surface area contributed by atoms with Crippen LogP contribution in [0.5, 0.6) is 0 Å². The molecule has 0 amide bonds. The standard InChI is InChI=1S/C23H24N8O2/c1-16-11-21(22(31(32)33)12-17(16)2)23-25-27-30(26-23)19-5-3-18(4-6-19)7-8-28-9-10-29-15-24-13-20(29)14-28/h3-6,11-13,15H,7-10,14H2,1-2H3. The van der Waals surface area contributed by atoms with Crippen LogP contribution in [0.4, 0.5) is 5.69 Å². The van der Waals surface area contributed by atoms with Gasteiger partial charge in [-0.25, -0.2) is 4.98 Å². The second kappa shape index (κ2) is 8.55. The fraction of sp³-hybridized carbons (Fsp3) is 0.304. The molecule has 0 fully saturated rings. The summed E-state index contributed by atoms with van der Waals surface area (Å²) in [5.41, 5.74) is 5.38. The average Bonchev–Trinajstić information content (AvgIpc) is 3.49. The lowest BCUT2D eigenvalue weighted by Crippen LogP contribution is -2.34. The summed E-state index contributed by atoms with van der Waals surface area (Å²) in [5, 5.41) is 24.1. The molecule has 4 aromatic rings. The minimum atomic E-state index is -0.409. The Bertz CT molecular complexity index is 1310. The zero-order valence-corrected chi connectivity index (χ0v) is 18.5. The quantitative estimate of drug-likeness (QED) is 0.332. The molecule has 0 bridgehead atoms. The molecular formula is C23H24N8O2. The van der Waals surface area contributed by atoms with Gasteiger partial charge in [-0.15, -0.1) is 15.0 Å². The highest BCUT2D eigenvalue weighted by atomic mass is 16.6. The zero-order valence-electron chi connectivity index (χ0n) is 18.5. The highest BCUT2D eigenvalue weighted by Crippen LogP contribution is 2.30. The lowest BCUT2D eigenvalue weighted by molar-refractivity contribution is -0.384. The van der Waals surface area contributed by atoms with Crippen molar-refractivity contribution in [2.75, 3.05) is 13.1 Å². The first-order valence-electron chi connectivity index (χ1n) is 10.8. The fourth-order valence-electron chi connectivity index (χ4n) is 4.08. The molecule has 2 aromatic heterocycles. The monoisotopic (exact) mass is 444 g/mol. The molecule has 10 nitrogen and oxygen atoms in total. The van der Waals surface area contributed by atoms with Gasteiger partial charge < -0.3 is 4.57 Å². The third kappa shape index (κ3) is 4.24. The summed E-state index contributed by atoms with van der Waals surface area (Å²) >= 11 is 0. The van der Waals surface area contributed by atoms with Crippen LogP contribution in [0.3, 0.4) is 0 Å². The van der Waals surface area contributed by atoms with E-state index in [1.54, 1.807) is 12.1 Å². The van der Waals surface area contributed by atoms with Gasteiger partial charge in [0.1, 0.15) is 5.56 Å². The molecule has 0 atom stereocenters. The highest BCUT2D eigenvalue weighted by Gasteiger charge is 2.21. The Morgan fingerprint density at radius 2 is 1.88 bits per heavy atom. The van der Waals surface area contributed by atoms with E-state index in [9.17, 15) is 10.1 Å².